The molecule has 2 unspecified atom stereocenters. The van der Waals surface area contributed by atoms with Gasteiger partial charge >= 0.3 is 0 Å². The van der Waals surface area contributed by atoms with E-state index in [1.54, 1.807) is 0 Å². The third-order valence-electron chi connectivity index (χ3n) is 4.09. The van der Waals surface area contributed by atoms with Gasteiger partial charge in [0.15, 0.2) is 0 Å². The third kappa shape index (κ3) is 5.01. The van der Waals surface area contributed by atoms with Gasteiger partial charge in [0, 0.05) is 19.1 Å². The zero-order valence-electron chi connectivity index (χ0n) is 13.0. The van der Waals surface area contributed by atoms with E-state index in [-0.39, 0.29) is 30.3 Å². The van der Waals surface area contributed by atoms with Gasteiger partial charge in [-0.25, -0.2) is 0 Å². The van der Waals surface area contributed by atoms with Crippen molar-refractivity contribution in [2.24, 2.45) is 17.6 Å². The van der Waals surface area contributed by atoms with E-state index in [9.17, 15) is 4.79 Å². The Bertz CT molecular complexity index is 434. The van der Waals surface area contributed by atoms with Crippen molar-refractivity contribution in [3.05, 3.63) is 35.9 Å². The number of rotatable bonds is 7. The molecule has 1 fully saturated rings. The lowest BCUT2D eigenvalue weighted by Gasteiger charge is -2.28. The van der Waals surface area contributed by atoms with Crippen molar-refractivity contribution < 1.29 is 4.79 Å². The van der Waals surface area contributed by atoms with E-state index < -0.39 is 0 Å². The lowest BCUT2D eigenvalue weighted by Crippen LogP contribution is -2.40. The fourth-order valence-corrected chi connectivity index (χ4v) is 2.58. The molecule has 0 heterocycles. The summed E-state index contributed by atoms with van der Waals surface area (Å²) in [6.45, 7) is 5.84. The topological polar surface area (TPSA) is 46.3 Å². The van der Waals surface area contributed by atoms with Crippen molar-refractivity contribution in [3.63, 3.8) is 0 Å². The first-order valence-electron chi connectivity index (χ1n) is 7.72. The van der Waals surface area contributed by atoms with Gasteiger partial charge in [0.05, 0.1) is 5.92 Å². The molecule has 0 spiro atoms. The van der Waals surface area contributed by atoms with E-state index in [1.807, 2.05) is 42.2 Å². The molecule has 0 bridgehead atoms. The summed E-state index contributed by atoms with van der Waals surface area (Å²) in [4.78, 5) is 14.7. The van der Waals surface area contributed by atoms with Crippen molar-refractivity contribution in [2.45, 2.75) is 39.2 Å². The highest BCUT2D eigenvalue weighted by Crippen LogP contribution is 2.31. The largest absolute Gasteiger partial charge is 0.342 e. The summed E-state index contributed by atoms with van der Waals surface area (Å²) in [6.07, 6.45) is 3.55. The number of nitrogens with zero attached hydrogens (tertiary/aromatic N) is 1. The number of carbonyl (C=O) groups is 1. The minimum Gasteiger partial charge on any atom is -0.342 e. The second-order valence-electron chi connectivity index (χ2n) is 5.95. The maximum atomic E-state index is 12.7. The predicted molar refractivity (Wildman–Crippen MR) is 89.4 cm³/mol. The van der Waals surface area contributed by atoms with E-state index in [1.165, 1.54) is 12.8 Å². The van der Waals surface area contributed by atoms with Crippen LogP contribution in [0.15, 0.2) is 30.3 Å². The van der Waals surface area contributed by atoms with Crippen molar-refractivity contribution in [1.29, 1.82) is 0 Å². The van der Waals surface area contributed by atoms with Crippen molar-refractivity contribution in [2.75, 3.05) is 13.1 Å². The molecule has 0 radical (unpaired) electrons. The van der Waals surface area contributed by atoms with Gasteiger partial charge in [0.25, 0.3) is 0 Å². The number of hydrogen-bond acceptors (Lipinski definition) is 2. The average molecular weight is 311 g/mol. The standard InChI is InChI=1S/C17H26N2O.ClH/c1-3-11-19(12-14-9-10-14)17(20)13(2)16(18)15-7-5-4-6-8-15;/h4-8,13-14,16H,3,9-12,18H2,1-2H3;1H. The van der Waals surface area contributed by atoms with Crippen LogP contribution >= 0.6 is 12.4 Å². The summed E-state index contributed by atoms with van der Waals surface area (Å²) in [7, 11) is 0. The van der Waals surface area contributed by atoms with Gasteiger partial charge in [-0.3, -0.25) is 4.79 Å². The molecule has 1 saturated carbocycles. The van der Waals surface area contributed by atoms with Crippen molar-refractivity contribution in [1.82, 2.24) is 4.90 Å². The minimum atomic E-state index is -0.220. The van der Waals surface area contributed by atoms with Crippen LogP contribution < -0.4 is 5.73 Å². The lowest BCUT2D eigenvalue weighted by atomic mass is 9.94. The molecule has 118 valence electrons. The number of halogens is 1. The van der Waals surface area contributed by atoms with Crippen LogP contribution in [0.4, 0.5) is 0 Å². The summed E-state index contributed by atoms with van der Waals surface area (Å²) in [5.74, 6) is 0.767. The van der Waals surface area contributed by atoms with Crippen LogP contribution in [0.5, 0.6) is 0 Å². The van der Waals surface area contributed by atoms with Gasteiger partial charge in [-0.15, -0.1) is 12.4 Å². The molecule has 1 amide bonds. The Balaban J connectivity index is 0.00000220. The Morgan fingerprint density at radius 3 is 2.48 bits per heavy atom. The van der Waals surface area contributed by atoms with Crippen LogP contribution in [0, 0.1) is 11.8 Å². The second kappa shape index (κ2) is 8.40. The molecular formula is C17H27ClN2O. The molecule has 2 N–H and O–H groups in total. The summed E-state index contributed by atoms with van der Waals surface area (Å²) >= 11 is 0. The van der Waals surface area contributed by atoms with Crippen LogP contribution in [-0.2, 0) is 4.79 Å². The molecule has 2 rings (SSSR count). The first-order valence-corrected chi connectivity index (χ1v) is 7.72. The molecule has 0 saturated heterocycles. The average Bonchev–Trinajstić information content (AvgIpc) is 3.29. The molecule has 1 aromatic rings. The Morgan fingerprint density at radius 2 is 1.95 bits per heavy atom. The molecule has 2 atom stereocenters. The van der Waals surface area contributed by atoms with Gasteiger partial charge < -0.3 is 10.6 Å². The van der Waals surface area contributed by atoms with Crippen LogP contribution in [-0.4, -0.2) is 23.9 Å². The monoisotopic (exact) mass is 310 g/mol. The molecule has 1 aliphatic rings. The SMILES string of the molecule is CCCN(CC1CC1)C(=O)C(C)C(N)c1ccccc1.Cl. The van der Waals surface area contributed by atoms with E-state index in [2.05, 4.69) is 6.92 Å². The fraction of sp³-hybridized carbons (Fsp3) is 0.588. The summed E-state index contributed by atoms with van der Waals surface area (Å²) in [5, 5.41) is 0. The Kier molecular flexibility index (Phi) is 7.20. The van der Waals surface area contributed by atoms with E-state index >= 15 is 0 Å². The normalized spacial score (nSPS) is 16.7. The Morgan fingerprint density at radius 1 is 1.33 bits per heavy atom. The van der Waals surface area contributed by atoms with Crippen molar-refractivity contribution >= 4 is 18.3 Å². The first kappa shape index (κ1) is 18.0. The van der Waals surface area contributed by atoms with Gasteiger partial charge in [0.1, 0.15) is 0 Å². The molecule has 3 nitrogen and oxygen atoms in total. The zero-order valence-corrected chi connectivity index (χ0v) is 13.8. The quantitative estimate of drug-likeness (QED) is 0.839. The maximum Gasteiger partial charge on any atom is 0.227 e. The fourth-order valence-electron chi connectivity index (χ4n) is 2.58. The van der Waals surface area contributed by atoms with E-state index in [0.717, 1.165) is 31.0 Å². The van der Waals surface area contributed by atoms with Crippen LogP contribution in [0.25, 0.3) is 0 Å². The van der Waals surface area contributed by atoms with E-state index in [0.29, 0.717) is 0 Å². The predicted octanol–water partition coefficient (Wildman–Crippen LogP) is 3.39. The molecule has 4 heteroatoms. The van der Waals surface area contributed by atoms with Crippen molar-refractivity contribution in [3.8, 4) is 0 Å². The number of nitrogens with two attached hydrogens (primary N) is 1. The van der Waals surface area contributed by atoms with Gasteiger partial charge in [0.2, 0.25) is 5.91 Å². The first-order chi connectivity index (χ1) is 9.63. The third-order valence-corrected chi connectivity index (χ3v) is 4.09. The van der Waals surface area contributed by atoms with Gasteiger partial charge in [-0.1, -0.05) is 44.2 Å². The highest BCUT2D eigenvalue weighted by Gasteiger charge is 2.30. The minimum absolute atomic E-state index is 0. The number of benzene rings is 1. The van der Waals surface area contributed by atoms with Gasteiger partial charge in [-0.2, -0.15) is 0 Å². The highest BCUT2D eigenvalue weighted by atomic mass is 35.5. The molecule has 0 aromatic heterocycles. The summed E-state index contributed by atoms with van der Waals surface area (Å²) in [6, 6.07) is 9.70. The Labute approximate surface area is 134 Å². The molecule has 1 aromatic carbocycles. The number of amides is 1. The maximum absolute atomic E-state index is 12.7. The lowest BCUT2D eigenvalue weighted by molar-refractivity contribution is -0.136. The van der Waals surface area contributed by atoms with E-state index in [4.69, 9.17) is 5.73 Å². The highest BCUT2D eigenvalue weighted by molar-refractivity contribution is 5.85. The van der Waals surface area contributed by atoms with Gasteiger partial charge in [-0.05, 0) is 30.7 Å². The van der Waals surface area contributed by atoms with Crippen LogP contribution in [0.2, 0.25) is 0 Å². The Hall–Kier alpha value is -1.06. The van der Waals surface area contributed by atoms with Crippen LogP contribution in [0.3, 0.4) is 0 Å². The zero-order chi connectivity index (χ0) is 14.5. The molecule has 1 aliphatic carbocycles. The summed E-state index contributed by atoms with van der Waals surface area (Å²) < 4.78 is 0. The molecule has 0 aliphatic heterocycles. The molecule has 21 heavy (non-hydrogen) atoms. The van der Waals surface area contributed by atoms with Crippen LogP contribution in [0.1, 0.15) is 44.7 Å². The second-order valence-corrected chi connectivity index (χ2v) is 5.95. The number of carbonyl (C=O) groups excluding carboxylic acids is 1. The number of hydrogen-bond donors (Lipinski definition) is 1. The smallest absolute Gasteiger partial charge is 0.227 e. The molecular weight excluding hydrogens is 284 g/mol. The summed E-state index contributed by atoms with van der Waals surface area (Å²) in [5.41, 5.74) is 7.31.